The average molecular weight is 306 g/mol. The van der Waals surface area contributed by atoms with Crippen LogP contribution in [0.15, 0.2) is 24.4 Å². The van der Waals surface area contributed by atoms with E-state index >= 15 is 0 Å². The molecule has 5 heteroatoms. The molecule has 0 N–H and O–H groups in total. The third-order valence-corrected chi connectivity index (χ3v) is 1.88. The van der Waals surface area contributed by atoms with Crippen molar-refractivity contribution < 1.29 is 4.79 Å². The Hall–Kier alpha value is -0.730. The monoisotopic (exact) mass is 304 g/mol. The van der Waals surface area contributed by atoms with Gasteiger partial charge in [0.2, 0.25) is 5.78 Å². The van der Waals surface area contributed by atoms with Crippen molar-refractivity contribution >= 4 is 38.7 Å². The first-order chi connectivity index (χ1) is 5.75. The first-order valence-electron chi connectivity index (χ1n) is 3.24. The van der Waals surface area contributed by atoms with Crippen molar-refractivity contribution in [1.82, 2.24) is 4.98 Å². The largest absolute Gasteiger partial charge is 0.290 e. The van der Waals surface area contributed by atoms with Crippen LogP contribution in [0.3, 0.4) is 0 Å². The Labute approximate surface area is 94.7 Å². The van der Waals surface area contributed by atoms with E-state index in [9.17, 15) is 4.79 Å². The second-order valence-electron chi connectivity index (χ2n) is 2.07. The summed E-state index contributed by atoms with van der Waals surface area (Å²) in [5, 5.41) is 8.42. The summed E-state index contributed by atoms with van der Waals surface area (Å²) >= 11 is 2.93. The fraction of sp³-hybridized carbons (Fsp3) is 0.125. The van der Waals surface area contributed by atoms with E-state index < -0.39 is 4.83 Å². The maximum atomic E-state index is 11.2. The van der Waals surface area contributed by atoms with Gasteiger partial charge in [-0.25, -0.2) is 0 Å². The van der Waals surface area contributed by atoms with Gasteiger partial charge in [0.1, 0.15) is 5.69 Å². The van der Waals surface area contributed by atoms with E-state index in [1.54, 1.807) is 24.3 Å². The zero-order chi connectivity index (χ0) is 8.97. The summed E-state index contributed by atoms with van der Waals surface area (Å²) in [6, 6.07) is 6.79. The van der Waals surface area contributed by atoms with E-state index in [-0.39, 0.29) is 22.8 Å². The maximum Gasteiger partial charge on any atom is 0.208 e. The molecule has 0 bridgehead atoms. The van der Waals surface area contributed by atoms with Crippen LogP contribution in [0.1, 0.15) is 10.5 Å². The van der Waals surface area contributed by atoms with Crippen molar-refractivity contribution in [3.05, 3.63) is 30.1 Å². The van der Waals surface area contributed by atoms with E-state index in [0.717, 1.165) is 0 Å². The summed E-state index contributed by atoms with van der Waals surface area (Å²) < 4.78 is 0. The molecule has 1 atom stereocenters. The van der Waals surface area contributed by atoms with Crippen LogP contribution in [0.25, 0.3) is 0 Å². The lowest BCUT2D eigenvalue weighted by Crippen LogP contribution is -2.12. The number of halogens is 2. The van der Waals surface area contributed by atoms with Crippen LogP contribution in [0, 0.1) is 11.3 Å². The smallest absolute Gasteiger partial charge is 0.208 e. The Kier molecular flexibility index (Phi) is 5.51. The van der Waals surface area contributed by atoms with Gasteiger partial charge in [0.15, 0.2) is 4.83 Å². The second-order valence-corrected chi connectivity index (χ2v) is 2.99. The van der Waals surface area contributed by atoms with Crippen LogP contribution < -0.4 is 0 Å². The Balaban J connectivity index is 0.00000144. The third kappa shape index (κ3) is 3.25. The minimum absolute atomic E-state index is 0. The zero-order valence-corrected chi connectivity index (χ0v) is 9.77. The SMILES string of the molecule is Br.N#CC(Br)C(=O)c1ccccn1. The molecule has 1 heterocycles. The number of alkyl halides is 1. The number of hydrogen-bond donors (Lipinski definition) is 0. The number of aromatic nitrogens is 1. The highest BCUT2D eigenvalue weighted by molar-refractivity contribution is 9.10. The van der Waals surface area contributed by atoms with Crippen LogP contribution >= 0.6 is 32.9 Å². The van der Waals surface area contributed by atoms with Crippen LogP contribution in [0.4, 0.5) is 0 Å². The van der Waals surface area contributed by atoms with E-state index in [2.05, 4.69) is 20.9 Å². The Morgan fingerprint density at radius 1 is 1.62 bits per heavy atom. The molecule has 0 saturated carbocycles. The third-order valence-electron chi connectivity index (χ3n) is 1.26. The maximum absolute atomic E-state index is 11.2. The number of ketones is 1. The van der Waals surface area contributed by atoms with E-state index in [4.69, 9.17) is 5.26 Å². The minimum Gasteiger partial charge on any atom is -0.290 e. The van der Waals surface area contributed by atoms with Gasteiger partial charge in [-0.2, -0.15) is 5.26 Å². The standard InChI is InChI=1S/C8H5BrN2O.BrH/c9-6(5-10)8(12)7-3-1-2-4-11-7;/h1-4,6H;1H. The first-order valence-corrected chi connectivity index (χ1v) is 4.16. The summed E-state index contributed by atoms with van der Waals surface area (Å²) in [7, 11) is 0. The Bertz CT molecular complexity index is 321. The fourth-order valence-electron chi connectivity index (χ4n) is 0.697. The molecule has 1 aromatic rings. The predicted octanol–water partition coefficient (Wildman–Crippen LogP) is 2.13. The van der Waals surface area contributed by atoms with Crippen LogP contribution in [0.2, 0.25) is 0 Å². The number of hydrogen-bond acceptors (Lipinski definition) is 3. The van der Waals surface area contributed by atoms with Gasteiger partial charge in [-0.1, -0.05) is 22.0 Å². The molecule has 0 fully saturated rings. The van der Waals surface area contributed by atoms with Crippen molar-refractivity contribution in [2.45, 2.75) is 4.83 Å². The van der Waals surface area contributed by atoms with Gasteiger partial charge in [-0.3, -0.25) is 9.78 Å². The lowest BCUT2D eigenvalue weighted by molar-refractivity contribution is 0.0999. The molecule has 0 spiro atoms. The molecular weight excluding hydrogens is 300 g/mol. The van der Waals surface area contributed by atoms with Gasteiger partial charge in [0.25, 0.3) is 0 Å². The van der Waals surface area contributed by atoms with Gasteiger partial charge in [0.05, 0.1) is 6.07 Å². The highest BCUT2D eigenvalue weighted by atomic mass is 79.9. The Morgan fingerprint density at radius 2 is 2.31 bits per heavy atom. The van der Waals surface area contributed by atoms with E-state index in [1.165, 1.54) is 6.20 Å². The van der Waals surface area contributed by atoms with Crippen molar-refractivity contribution in [2.24, 2.45) is 0 Å². The number of rotatable bonds is 2. The molecule has 0 aliphatic heterocycles. The molecule has 0 aliphatic carbocycles. The Morgan fingerprint density at radius 3 is 2.77 bits per heavy atom. The number of nitrogens with zero attached hydrogens (tertiary/aromatic N) is 2. The van der Waals surface area contributed by atoms with Crippen LogP contribution in [-0.4, -0.2) is 15.6 Å². The van der Waals surface area contributed by atoms with Crippen molar-refractivity contribution in [2.75, 3.05) is 0 Å². The lowest BCUT2D eigenvalue weighted by atomic mass is 10.2. The number of carbonyl (C=O) groups is 1. The molecule has 13 heavy (non-hydrogen) atoms. The molecule has 1 rings (SSSR count). The summed E-state index contributed by atoms with van der Waals surface area (Å²) in [6.45, 7) is 0. The predicted molar refractivity (Wildman–Crippen MR) is 57.2 cm³/mol. The number of nitriles is 1. The van der Waals surface area contributed by atoms with Crippen molar-refractivity contribution in [3.63, 3.8) is 0 Å². The first kappa shape index (κ1) is 12.3. The number of pyridine rings is 1. The molecular formula is C8H6Br2N2O. The molecule has 3 nitrogen and oxygen atoms in total. The molecule has 1 aromatic heterocycles. The molecule has 68 valence electrons. The molecule has 0 amide bonds. The lowest BCUT2D eigenvalue weighted by Gasteiger charge is -1.97. The van der Waals surface area contributed by atoms with Crippen molar-refractivity contribution in [3.8, 4) is 6.07 Å². The van der Waals surface area contributed by atoms with Gasteiger partial charge in [-0.15, -0.1) is 17.0 Å². The van der Waals surface area contributed by atoms with Gasteiger partial charge >= 0.3 is 0 Å². The molecule has 1 unspecified atom stereocenters. The van der Waals surface area contributed by atoms with E-state index in [1.807, 2.05) is 0 Å². The second kappa shape index (κ2) is 5.84. The highest BCUT2D eigenvalue weighted by Gasteiger charge is 2.16. The molecule has 0 saturated heterocycles. The summed E-state index contributed by atoms with van der Waals surface area (Å²) in [5.41, 5.74) is 0.306. The van der Waals surface area contributed by atoms with Crippen LogP contribution in [-0.2, 0) is 0 Å². The normalized spacial score (nSPS) is 10.8. The number of Topliss-reactive ketones (excluding diaryl/α,β-unsaturated/α-hetero) is 1. The fourth-order valence-corrected chi connectivity index (χ4v) is 0.932. The topological polar surface area (TPSA) is 53.8 Å². The minimum atomic E-state index is -0.799. The number of carbonyl (C=O) groups excluding carboxylic acids is 1. The molecule has 0 aliphatic rings. The van der Waals surface area contributed by atoms with Crippen LogP contribution in [0.5, 0.6) is 0 Å². The van der Waals surface area contributed by atoms with E-state index in [0.29, 0.717) is 5.69 Å². The highest BCUT2D eigenvalue weighted by Crippen LogP contribution is 2.06. The van der Waals surface area contributed by atoms with Crippen molar-refractivity contribution in [1.29, 1.82) is 5.26 Å². The molecule has 0 aromatic carbocycles. The van der Waals surface area contributed by atoms with Gasteiger partial charge in [0, 0.05) is 6.20 Å². The average Bonchev–Trinajstić information content (AvgIpc) is 2.17. The zero-order valence-electron chi connectivity index (χ0n) is 6.48. The quantitative estimate of drug-likeness (QED) is 0.621. The van der Waals surface area contributed by atoms with Gasteiger partial charge in [-0.05, 0) is 12.1 Å². The molecule has 0 radical (unpaired) electrons. The summed E-state index contributed by atoms with van der Waals surface area (Å²) in [4.78, 5) is 14.3. The summed E-state index contributed by atoms with van der Waals surface area (Å²) in [5.74, 6) is -0.307. The van der Waals surface area contributed by atoms with Gasteiger partial charge < -0.3 is 0 Å². The summed E-state index contributed by atoms with van der Waals surface area (Å²) in [6.07, 6.45) is 1.52.